The number of aliphatic hydroxyl groups excluding tert-OH is 1. The van der Waals surface area contributed by atoms with E-state index in [2.05, 4.69) is 6.92 Å². The summed E-state index contributed by atoms with van der Waals surface area (Å²) in [5, 5.41) is 9.57. The van der Waals surface area contributed by atoms with E-state index in [4.69, 9.17) is 4.74 Å². The molecule has 0 aliphatic carbocycles. The zero-order valence-corrected chi connectivity index (χ0v) is 10.7. The molecule has 0 aliphatic rings. The van der Waals surface area contributed by atoms with E-state index >= 15 is 0 Å². The summed E-state index contributed by atoms with van der Waals surface area (Å²) in [5.74, 6) is 0.270. The smallest absolute Gasteiger partial charge is 0.133 e. The molecule has 3 nitrogen and oxygen atoms in total. The van der Waals surface area contributed by atoms with Gasteiger partial charge in [-0.15, -0.1) is 0 Å². The minimum atomic E-state index is -0.289. The molecule has 0 fully saturated rings. The number of unbranched alkanes of at least 4 members (excludes halogenated alkanes) is 2. The van der Waals surface area contributed by atoms with Crippen LogP contribution in [0.1, 0.15) is 58.3 Å². The van der Waals surface area contributed by atoms with E-state index < -0.39 is 0 Å². The third-order valence-electron chi connectivity index (χ3n) is 2.70. The molecule has 96 valence electrons. The van der Waals surface area contributed by atoms with Crippen LogP contribution in [0.4, 0.5) is 0 Å². The Morgan fingerprint density at radius 2 is 1.94 bits per heavy atom. The molecule has 0 aliphatic heterocycles. The average Bonchev–Trinajstić information content (AvgIpc) is 2.29. The van der Waals surface area contributed by atoms with Gasteiger partial charge in [0.15, 0.2) is 0 Å². The van der Waals surface area contributed by atoms with Crippen molar-refractivity contribution < 1.29 is 14.6 Å². The van der Waals surface area contributed by atoms with E-state index in [1.54, 1.807) is 7.11 Å². The summed E-state index contributed by atoms with van der Waals surface area (Å²) in [6.07, 6.45) is 6.31. The van der Waals surface area contributed by atoms with Crippen LogP contribution in [0.15, 0.2) is 0 Å². The number of aliphatic hydroxyl groups is 1. The van der Waals surface area contributed by atoms with Crippen molar-refractivity contribution >= 4 is 5.78 Å². The van der Waals surface area contributed by atoms with Crippen molar-refractivity contribution in [3.8, 4) is 0 Å². The first-order chi connectivity index (χ1) is 7.70. The van der Waals surface area contributed by atoms with Crippen molar-refractivity contribution in [1.29, 1.82) is 0 Å². The number of rotatable bonds is 11. The molecule has 0 aromatic rings. The van der Waals surface area contributed by atoms with Crippen molar-refractivity contribution in [2.75, 3.05) is 13.7 Å². The van der Waals surface area contributed by atoms with Crippen molar-refractivity contribution in [2.45, 2.75) is 64.4 Å². The molecule has 0 saturated heterocycles. The predicted molar refractivity (Wildman–Crippen MR) is 65.5 cm³/mol. The molecule has 0 saturated carbocycles. The monoisotopic (exact) mass is 230 g/mol. The minimum absolute atomic E-state index is 0.270. The zero-order chi connectivity index (χ0) is 12.2. The van der Waals surface area contributed by atoms with Crippen LogP contribution < -0.4 is 0 Å². The van der Waals surface area contributed by atoms with E-state index in [1.807, 2.05) is 0 Å². The maximum atomic E-state index is 11.4. The quantitative estimate of drug-likeness (QED) is 0.555. The molecular formula is C13H26O3. The number of methoxy groups -OCH3 is 1. The molecule has 1 N–H and O–H groups in total. The molecule has 16 heavy (non-hydrogen) atoms. The number of Topliss-reactive ketones (excluding diaryl/α,β-unsaturated/α-hetero) is 1. The molecule has 0 heterocycles. The van der Waals surface area contributed by atoms with Gasteiger partial charge in [0.05, 0.1) is 6.10 Å². The van der Waals surface area contributed by atoms with E-state index in [0.717, 1.165) is 38.7 Å². The van der Waals surface area contributed by atoms with Gasteiger partial charge in [-0.1, -0.05) is 19.8 Å². The Morgan fingerprint density at radius 3 is 2.56 bits per heavy atom. The fourth-order valence-electron chi connectivity index (χ4n) is 1.61. The highest BCUT2D eigenvalue weighted by Crippen LogP contribution is 2.09. The van der Waals surface area contributed by atoms with Crippen molar-refractivity contribution in [1.82, 2.24) is 0 Å². The molecule has 1 atom stereocenters. The molecule has 0 amide bonds. The van der Waals surface area contributed by atoms with Crippen molar-refractivity contribution in [3.05, 3.63) is 0 Å². The highest BCUT2D eigenvalue weighted by atomic mass is 16.5. The fourth-order valence-corrected chi connectivity index (χ4v) is 1.61. The van der Waals surface area contributed by atoms with Crippen LogP contribution in [0.25, 0.3) is 0 Å². The Bertz CT molecular complexity index is 169. The summed E-state index contributed by atoms with van der Waals surface area (Å²) >= 11 is 0. The van der Waals surface area contributed by atoms with Crippen LogP contribution in [0.2, 0.25) is 0 Å². The van der Waals surface area contributed by atoms with Gasteiger partial charge in [-0.3, -0.25) is 4.79 Å². The van der Waals surface area contributed by atoms with Crippen LogP contribution >= 0.6 is 0 Å². The lowest BCUT2D eigenvalue weighted by molar-refractivity contribution is -0.119. The Hall–Kier alpha value is -0.410. The first-order valence-electron chi connectivity index (χ1n) is 6.39. The minimum Gasteiger partial charge on any atom is -0.393 e. The maximum Gasteiger partial charge on any atom is 0.133 e. The topological polar surface area (TPSA) is 46.5 Å². The first-order valence-corrected chi connectivity index (χ1v) is 6.39. The Balaban J connectivity index is 3.35. The Morgan fingerprint density at radius 1 is 1.19 bits per heavy atom. The SMILES string of the molecule is CCCCC(O)CCC(=O)CCCCOC. The second-order valence-electron chi connectivity index (χ2n) is 4.32. The third-order valence-corrected chi connectivity index (χ3v) is 2.70. The van der Waals surface area contributed by atoms with E-state index in [-0.39, 0.29) is 11.9 Å². The Kier molecular flexibility index (Phi) is 10.8. The van der Waals surface area contributed by atoms with Crippen LogP contribution in [0.3, 0.4) is 0 Å². The summed E-state index contributed by atoms with van der Waals surface area (Å²) in [6.45, 7) is 2.83. The average molecular weight is 230 g/mol. The van der Waals surface area contributed by atoms with Gasteiger partial charge in [-0.05, 0) is 25.7 Å². The fraction of sp³-hybridized carbons (Fsp3) is 0.923. The molecule has 0 aromatic heterocycles. The third kappa shape index (κ3) is 10.1. The summed E-state index contributed by atoms with van der Waals surface area (Å²) < 4.78 is 4.91. The van der Waals surface area contributed by atoms with Crippen LogP contribution in [0, 0.1) is 0 Å². The number of ketones is 1. The van der Waals surface area contributed by atoms with E-state index in [9.17, 15) is 9.90 Å². The number of carbonyl (C=O) groups is 1. The molecule has 0 bridgehead atoms. The molecule has 1 unspecified atom stereocenters. The van der Waals surface area contributed by atoms with Gasteiger partial charge in [0.2, 0.25) is 0 Å². The lowest BCUT2D eigenvalue weighted by Crippen LogP contribution is -2.09. The molecule has 3 heteroatoms. The van der Waals surface area contributed by atoms with Gasteiger partial charge in [0, 0.05) is 26.6 Å². The van der Waals surface area contributed by atoms with Crippen LogP contribution in [-0.2, 0) is 9.53 Å². The van der Waals surface area contributed by atoms with Gasteiger partial charge in [0.1, 0.15) is 5.78 Å². The molecule has 0 rings (SSSR count). The highest BCUT2D eigenvalue weighted by molar-refractivity contribution is 5.78. The number of ether oxygens (including phenoxy) is 1. The summed E-state index contributed by atoms with van der Waals surface area (Å²) in [4.78, 5) is 11.4. The van der Waals surface area contributed by atoms with Gasteiger partial charge < -0.3 is 9.84 Å². The largest absolute Gasteiger partial charge is 0.393 e. The van der Waals surface area contributed by atoms with Crippen LogP contribution in [0.5, 0.6) is 0 Å². The van der Waals surface area contributed by atoms with Gasteiger partial charge in [0.25, 0.3) is 0 Å². The second-order valence-corrected chi connectivity index (χ2v) is 4.32. The summed E-state index contributed by atoms with van der Waals surface area (Å²) in [7, 11) is 1.67. The number of hydrogen-bond donors (Lipinski definition) is 1. The predicted octanol–water partition coefficient (Wildman–Crippen LogP) is 2.70. The highest BCUT2D eigenvalue weighted by Gasteiger charge is 2.07. The van der Waals surface area contributed by atoms with Crippen LogP contribution in [-0.4, -0.2) is 30.7 Å². The Labute approximate surface area is 99.2 Å². The van der Waals surface area contributed by atoms with Gasteiger partial charge in [-0.2, -0.15) is 0 Å². The van der Waals surface area contributed by atoms with Crippen molar-refractivity contribution in [2.24, 2.45) is 0 Å². The maximum absolute atomic E-state index is 11.4. The molecule has 0 spiro atoms. The normalized spacial score (nSPS) is 12.7. The van der Waals surface area contributed by atoms with E-state index in [1.165, 1.54) is 0 Å². The summed E-state index contributed by atoms with van der Waals surface area (Å²) in [5.41, 5.74) is 0. The van der Waals surface area contributed by atoms with Gasteiger partial charge in [-0.25, -0.2) is 0 Å². The lowest BCUT2D eigenvalue weighted by atomic mass is 10.0. The number of hydrogen-bond acceptors (Lipinski definition) is 3. The van der Waals surface area contributed by atoms with E-state index in [0.29, 0.717) is 19.3 Å². The number of carbonyl (C=O) groups excluding carboxylic acids is 1. The van der Waals surface area contributed by atoms with Gasteiger partial charge >= 0.3 is 0 Å². The lowest BCUT2D eigenvalue weighted by Gasteiger charge is -2.08. The second kappa shape index (κ2) is 11.1. The molecule has 0 radical (unpaired) electrons. The molecular weight excluding hydrogens is 204 g/mol. The van der Waals surface area contributed by atoms with Crippen molar-refractivity contribution in [3.63, 3.8) is 0 Å². The summed E-state index contributed by atoms with van der Waals surface area (Å²) in [6, 6.07) is 0. The molecule has 0 aromatic carbocycles. The first kappa shape index (κ1) is 15.6. The zero-order valence-electron chi connectivity index (χ0n) is 10.7. The standard InChI is InChI=1S/C13H26O3/c1-3-4-7-12(14)9-10-13(15)8-5-6-11-16-2/h12,14H,3-11H2,1-2H3.